The van der Waals surface area contributed by atoms with Crippen LogP contribution in [0.1, 0.15) is 24.5 Å². The van der Waals surface area contributed by atoms with Crippen LogP contribution in [0.3, 0.4) is 0 Å². The summed E-state index contributed by atoms with van der Waals surface area (Å²) in [6.07, 6.45) is 2.26. The standard InChI is InChI=1S/C17H21N3O3/c1-3-9-18-15(21)12-20-16(22)8-10-19(17(20)23)11-14-6-4-13(2)5-7-14/h4-8,10H,3,9,11-12H2,1-2H3,(H,18,21). The third kappa shape index (κ3) is 4.42. The lowest BCUT2D eigenvalue weighted by atomic mass is 10.1. The number of aryl methyl sites for hydroxylation is 1. The van der Waals surface area contributed by atoms with E-state index in [1.54, 1.807) is 0 Å². The first-order chi connectivity index (χ1) is 11.0. The van der Waals surface area contributed by atoms with Gasteiger partial charge in [0.1, 0.15) is 6.54 Å². The highest BCUT2D eigenvalue weighted by atomic mass is 16.2. The van der Waals surface area contributed by atoms with Crippen LogP contribution in [-0.4, -0.2) is 21.6 Å². The maximum Gasteiger partial charge on any atom is 0.331 e. The van der Waals surface area contributed by atoms with Gasteiger partial charge in [0.25, 0.3) is 5.56 Å². The molecule has 0 aliphatic heterocycles. The van der Waals surface area contributed by atoms with Crippen LogP contribution < -0.4 is 16.6 Å². The summed E-state index contributed by atoms with van der Waals surface area (Å²) in [5.41, 5.74) is 1.14. The summed E-state index contributed by atoms with van der Waals surface area (Å²) in [7, 11) is 0. The summed E-state index contributed by atoms with van der Waals surface area (Å²) < 4.78 is 2.39. The average molecular weight is 315 g/mol. The summed E-state index contributed by atoms with van der Waals surface area (Å²) in [6.45, 7) is 4.55. The van der Waals surface area contributed by atoms with E-state index in [0.717, 1.165) is 22.1 Å². The first-order valence-electron chi connectivity index (χ1n) is 7.63. The quantitative estimate of drug-likeness (QED) is 0.860. The van der Waals surface area contributed by atoms with E-state index in [4.69, 9.17) is 0 Å². The van der Waals surface area contributed by atoms with Crippen molar-refractivity contribution in [3.05, 3.63) is 68.5 Å². The number of hydrogen-bond acceptors (Lipinski definition) is 3. The van der Waals surface area contributed by atoms with Gasteiger partial charge in [-0.2, -0.15) is 0 Å². The molecule has 0 aliphatic rings. The van der Waals surface area contributed by atoms with Gasteiger partial charge in [-0.25, -0.2) is 4.79 Å². The Bertz CT molecular complexity index is 788. The molecule has 0 saturated heterocycles. The fraction of sp³-hybridized carbons (Fsp3) is 0.353. The Morgan fingerprint density at radius 3 is 2.48 bits per heavy atom. The zero-order valence-electron chi connectivity index (χ0n) is 13.4. The number of aromatic nitrogens is 2. The summed E-state index contributed by atoms with van der Waals surface area (Å²) in [6, 6.07) is 9.11. The van der Waals surface area contributed by atoms with Gasteiger partial charge in [0.2, 0.25) is 5.91 Å². The van der Waals surface area contributed by atoms with Crippen molar-refractivity contribution in [2.75, 3.05) is 6.54 Å². The van der Waals surface area contributed by atoms with Gasteiger partial charge in [-0.1, -0.05) is 36.8 Å². The number of hydrogen-bond donors (Lipinski definition) is 1. The fourth-order valence-corrected chi connectivity index (χ4v) is 2.18. The van der Waals surface area contributed by atoms with Crippen LogP contribution in [-0.2, 0) is 17.9 Å². The van der Waals surface area contributed by atoms with Crippen molar-refractivity contribution in [1.29, 1.82) is 0 Å². The largest absolute Gasteiger partial charge is 0.355 e. The Balaban J connectivity index is 2.24. The summed E-state index contributed by atoms with van der Waals surface area (Å²) in [4.78, 5) is 36.0. The zero-order chi connectivity index (χ0) is 16.8. The maximum atomic E-state index is 12.4. The molecule has 1 aromatic heterocycles. The molecule has 0 fully saturated rings. The number of rotatable bonds is 6. The molecule has 1 aromatic carbocycles. The van der Waals surface area contributed by atoms with Crippen LogP contribution >= 0.6 is 0 Å². The lowest BCUT2D eigenvalue weighted by molar-refractivity contribution is -0.121. The first kappa shape index (κ1) is 16.7. The Labute approximate surface area is 134 Å². The molecule has 2 aromatic rings. The molecule has 2 rings (SSSR count). The number of nitrogens with zero attached hydrogens (tertiary/aromatic N) is 2. The van der Waals surface area contributed by atoms with Gasteiger partial charge in [-0.3, -0.25) is 18.7 Å². The maximum absolute atomic E-state index is 12.4. The molecular formula is C17H21N3O3. The molecule has 0 unspecified atom stereocenters. The van der Waals surface area contributed by atoms with Crippen molar-refractivity contribution in [3.8, 4) is 0 Å². The number of nitrogens with one attached hydrogen (secondary N) is 1. The second-order valence-electron chi connectivity index (χ2n) is 5.49. The minimum atomic E-state index is -0.482. The van der Waals surface area contributed by atoms with Gasteiger partial charge in [0.15, 0.2) is 0 Å². The fourth-order valence-electron chi connectivity index (χ4n) is 2.18. The molecule has 1 N–H and O–H groups in total. The summed E-state index contributed by atoms with van der Waals surface area (Å²) in [5.74, 6) is -0.334. The van der Waals surface area contributed by atoms with Crippen molar-refractivity contribution in [3.63, 3.8) is 0 Å². The van der Waals surface area contributed by atoms with Crippen molar-refractivity contribution in [2.45, 2.75) is 33.4 Å². The lowest BCUT2D eigenvalue weighted by Crippen LogP contribution is -2.43. The van der Waals surface area contributed by atoms with Crippen molar-refractivity contribution in [2.24, 2.45) is 0 Å². The summed E-state index contributed by atoms with van der Waals surface area (Å²) in [5, 5.41) is 2.66. The average Bonchev–Trinajstić information content (AvgIpc) is 2.54. The molecule has 122 valence electrons. The van der Waals surface area contributed by atoms with Gasteiger partial charge in [0, 0.05) is 18.8 Å². The molecule has 1 heterocycles. The van der Waals surface area contributed by atoms with E-state index >= 15 is 0 Å². The SMILES string of the molecule is CCCNC(=O)Cn1c(=O)ccn(Cc2ccc(C)cc2)c1=O. The molecule has 6 heteroatoms. The molecule has 0 radical (unpaired) electrons. The van der Waals surface area contributed by atoms with E-state index in [0.29, 0.717) is 13.1 Å². The molecule has 0 saturated carbocycles. The first-order valence-corrected chi connectivity index (χ1v) is 7.63. The van der Waals surface area contributed by atoms with Crippen LogP contribution in [0.25, 0.3) is 0 Å². The Morgan fingerprint density at radius 1 is 1.13 bits per heavy atom. The monoisotopic (exact) mass is 315 g/mol. The third-order valence-corrected chi connectivity index (χ3v) is 3.49. The third-order valence-electron chi connectivity index (χ3n) is 3.49. The predicted molar refractivity (Wildman–Crippen MR) is 88.5 cm³/mol. The Kier molecular flexibility index (Phi) is 5.51. The van der Waals surface area contributed by atoms with Crippen LogP contribution in [0.2, 0.25) is 0 Å². The minimum Gasteiger partial charge on any atom is -0.355 e. The minimum absolute atomic E-state index is 0.258. The van der Waals surface area contributed by atoms with E-state index < -0.39 is 11.2 Å². The van der Waals surface area contributed by atoms with Gasteiger partial charge >= 0.3 is 5.69 Å². The molecule has 0 spiro atoms. The van der Waals surface area contributed by atoms with E-state index in [2.05, 4.69) is 5.32 Å². The molecule has 0 aliphatic carbocycles. The lowest BCUT2D eigenvalue weighted by Gasteiger charge is -2.10. The molecule has 0 atom stereocenters. The zero-order valence-corrected chi connectivity index (χ0v) is 13.4. The smallest absolute Gasteiger partial charge is 0.331 e. The van der Waals surface area contributed by atoms with Crippen molar-refractivity contribution < 1.29 is 4.79 Å². The van der Waals surface area contributed by atoms with Crippen LogP contribution in [0.5, 0.6) is 0 Å². The van der Waals surface area contributed by atoms with E-state index in [-0.39, 0.29) is 12.5 Å². The number of benzene rings is 1. The summed E-state index contributed by atoms with van der Waals surface area (Å²) >= 11 is 0. The van der Waals surface area contributed by atoms with Gasteiger partial charge in [-0.15, -0.1) is 0 Å². The number of amides is 1. The second-order valence-corrected chi connectivity index (χ2v) is 5.49. The van der Waals surface area contributed by atoms with Crippen LogP contribution in [0.4, 0.5) is 0 Å². The number of carbonyl (C=O) groups is 1. The molecule has 0 bridgehead atoms. The van der Waals surface area contributed by atoms with Crippen molar-refractivity contribution in [1.82, 2.24) is 14.5 Å². The highest BCUT2D eigenvalue weighted by Crippen LogP contribution is 2.03. The van der Waals surface area contributed by atoms with Crippen molar-refractivity contribution >= 4 is 5.91 Å². The van der Waals surface area contributed by atoms with Gasteiger partial charge in [-0.05, 0) is 18.9 Å². The molecular weight excluding hydrogens is 294 g/mol. The molecule has 23 heavy (non-hydrogen) atoms. The normalized spacial score (nSPS) is 10.5. The van der Waals surface area contributed by atoms with Crippen LogP contribution in [0, 0.1) is 6.92 Å². The van der Waals surface area contributed by atoms with Gasteiger partial charge < -0.3 is 5.32 Å². The van der Waals surface area contributed by atoms with E-state index in [1.165, 1.54) is 16.8 Å². The Hall–Kier alpha value is -2.63. The van der Waals surface area contributed by atoms with Gasteiger partial charge in [0.05, 0.1) is 6.54 Å². The molecule has 1 amide bonds. The highest BCUT2D eigenvalue weighted by molar-refractivity contribution is 5.75. The topological polar surface area (TPSA) is 73.1 Å². The predicted octanol–water partition coefficient (Wildman–Crippen LogP) is 0.893. The number of carbonyl (C=O) groups excluding carboxylic acids is 1. The molecule has 6 nitrogen and oxygen atoms in total. The van der Waals surface area contributed by atoms with Crippen LogP contribution in [0.15, 0.2) is 46.1 Å². The van der Waals surface area contributed by atoms with E-state index in [9.17, 15) is 14.4 Å². The second kappa shape index (κ2) is 7.58. The van der Waals surface area contributed by atoms with E-state index in [1.807, 2.05) is 38.1 Å². The highest BCUT2D eigenvalue weighted by Gasteiger charge is 2.09. The Morgan fingerprint density at radius 2 is 1.83 bits per heavy atom.